The third-order valence-corrected chi connectivity index (χ3v) is 5.39. The van der Waals surface area contributed by atoms with Gasteiger partial charge >= 0.3 is 0 Å². The lowest BCUT2D eigenvalue weighted by Crippen LogP contribution is -1.95. The van der Waals surface area contributed by atoms with Crippen molar-refractivity contribution in [2.45, 2.75) is 5.38 Å². The second kappa shape index (κ2) is 6.45. The van der Waals surface area contributed by atoms with Crippen molar-refractivity contribution in [1.29, 1.82) is 0 Å². The van der Waals surface area contributed by atoms with Crippen molar-refractivity contribution < 1.29 is 9.47 Å². The number of fused-ring (bicyclic) bond motifs is 1. The molecule has 23 heavy (non-hydrogen) atoms. The van der Waals surface area contributed by atoms with Crippen molar-refractivity contribution in [3.8, 4) is 11.5 Å². The van der Waals surface area contributed by atoms with Crippen LogP contribution in [0.5, 0.6) is 11.5 Å². The first-order valence-electron chi connectivity index (χ1n) is 6.73. The summed E-state index contributed by atoms with van der Waals surface area (Å²) in [5, 5.41) is 1.10. The molecule has 3 rings (SSSR count). The summed E-state index contributed by atoms with van der Waals surface area (Å²) < 4.78 is 10.7. The average molecular weight is 390 g/mol. The lowest BCUT2D eigenvalue weighted by Gasteiger charge is -2.13. The summed E-state index contributed by atoms with van der Waals surface area (Å²) in [5.41, 5.74) is 3.32. The number of hydrogen-bond acceptors (Lipinski definition) is 2. The zero-order chi connectivity index (χ0) is 16.7. The van der Waals surface area contributed by atoms with E-state index in [-0.39, 0.29) is 0 Å². The maximum Gasteiger partial charge on any atom is 0.161 e. The van der Waals surface area contributed by atoms with E-state index in [0.717, 1.165) is 22.3 Å². The molecule has 0 heterocycles. The predicted molar refractivity (Wildman–Crippen MR) is 97.3 cm³/mol. The minimum absolute atomic E-state index is 0.408. The van der Waals surface area contributed by atoms with Crippen molar-refractivity contribution in [1.82, 2.24) is 0 Å². The van der Waals surface area contributed by atoms with E-state index in [4.69, 9.17) is 55.9 Å². The first-order valence-corrected chi connectivity index (χ1v) is 8.30. The number of halogens is 4. The van der Waals surface area contributed by atoms with Crippen molar-refractivity contribution in [2.24, 2.45) is 0 Å². The largest absolute Gasteiger partial charge is 0.493 e. The van der Waals surface area contributed by atoms with Crippen LogP contribution in [0, 0.1) is 0 Å². The molecule has 2 aromatic carbocycles. The number of allylic oxidation sites excluding steroid dienone is 1. The Morgan fingerprint density at radius 1 is 0.870 bits per heavy atom. The number of ether oxygens (including phenoxy) is 2. The number of hydrogen-bond donors (Lipinski definition) is 0. The van der Waals surface area contributed by atoms with Gasteiger partial charge in [0.2, 0.25) is 0 Å². The topological polar surface area (TPSA) is 18.5 Å². The fourth-order valence-corrected chi connectivity index (χ4v) is 3.79. The van der Waals surface area contributed by atoms with E-state index in [1.807, 2.05) is 18.2 Å². The number of benzene rings is 2. The smallest absolute Gasteiger partial charge is 0.161 e. The quantitative estimate of drug-likeness (QED) is 0.564. The van der Waals surface area contributed by atoms with Crippen LogP contribution >= 0.6 is 46.4 Å². The van der Waals surface area contributed by atoms with Crippen LogP contribution in [-0.4, -0.2) is 14.2 Å². The average Bonchev–Trinajstić information content (AvgIpc) is 2.79. The normalized spacial score (nSPS) is 16.5. The molecule has 2 nitrogen and oxygen atoms in total. The van der Waals surface area contributed by atoms with Crippen LogP contribution in [0.15, 0.2) is 30.3 Å². The highest BCUT2D eigenvalue weighted by Gasteiger charge is 2.32. The molecule has 0 fully saturated rings. The third-order valence-electron chi connectivity index (χ3n) is 3.79. The van der Waals surface area contributed by atoms with E-state index in [0.29, 0.717) is 26.6 Å². The summed E-state index contributed by atoms with van der Waals surface area (Å²) in [5.74, 6) is 1.21. The Hall–Kier alpha value is -1.06. The van der Waals surface area contributed by atoms with Crippen LogP contribution in [0.3, 0.4) is 0 Å². The molecule has 0 N–H and O–H groups in total. The minimum atomic E-state index is -0.408. The van der Waals surface area contributed by atoms with E-state index >= 15 is 0 Å². The number of rotatable bonds is 3. The SMILES string of the molecule is COc1cc2c(cc1OC)C(Cl)C(c1ccc(Cl)c(Cl)c1)=C2Cl. The van der Waals surface area contributed by atoms with E-state index in [1.165, 1.54) is 0 Å². The number of methoxy groups -OCH3 is 2. The molecule has 1 aliphatic carbocycles. The molecule has 1 aliphatic rings. The van der Waals surface area contributed by atoms with Crippen LogP contribution in [0.2, 0.25) is 10.0 Å². The minimum Gasteiger partial charge on any atom is -0.493 e. The lowest BCUT2D eigenvalue weighted by atomic mass is 10.0. The second-order valence-corrected chi connectivity index (χ2v) is 6.64. The van der Waals surface area contributed by atoms with Crippen LogP contribution in [0.4, 0.5) is 0 Å². The monoisotopic (exact) mass is 388 g/mol. The molecule has 0 spiro atoms. The van der Waals surface area contributed by atoms with Gasteiger partial charge in [-0.15, -0.1) is 11.6 Å². The highest BCUT2D eigenvalue weighted by molar-refractivity contribution is 6.56. The van der Waals surface area contributed by atoms with Gasteiger partial charge in [0, 0.05) is 11.1 Å². The summed E-state index contributed by atoms with van der Waals surface area (Å²) in [6.45, 7) is 0. The molecule has 0 aliphatic heterocycles. The number of alkyl halides is 1. The molecule has 1 atom stereocenters. The van der Waals surface area contributed by atoms with Gasteiger partial charge in [-0.25, -0.2) is 0 Å². The molecule has 0 saturated carbocycles. The summed E-state index contributed by atoms with van der Waals surface area (Å²) in [7, 11) is 3.16. The Bertz CT molecular complexity index is 814. The van der Waals surface area contributed by atoms with Gasteiger partial charge in [0.1, 0.15) is 0 Å². The molecular weight excluding hydrogens is 378 g/mol. The summed E-state index contributed by atoms with van der Waals surface area (Å²) >= 11 is 25.3. The van der Waals surface area contributed by atoms with Gasteiger partial charge in [0.05, 0.1) is 34.7 Å². The van der Waals surface area contributed by atoms with Gasteiger partial charge in [0.15, 0.2) is 11.5 Å². The molecule has 2 aromatic rings. The Morgan fingerprint density at radius 3 is 2.13 bits per heavy atom. The standard InChI is InChI=1S/C17H12Cl4O2/c1-22-13-6-9-10(7-14(13)23-2)17(21)15(16(9)20)8-3-4-11(18)12(19)5-8/h3-7,16H,1-2H3. The van der Waals surface area contributed by atoms with Gasteiger partial charge in [-0.05, 0) is 35.4 Å². The molecule has 1 unspecified atom stereocenters. The van der Waals surface area contributed by atoms with Crippen molar-refractivity contribution in [2.75, 3.05) is 14.2 Å². The van der Waals surface area contributed by atoms with Crippen LogP contribution in [0.25, 0.3) is 10.6 Å². The fourth-order valence-electron chi connectivity index (χ4n) is 2.64. The maximum absolute atomic E-state index is 6.64. The van der Waals surface area contributed by atoms with Gasteiger partial charge in [0.25, 0.3) is 0 Å². The first-order chi connectivity index (χ1) is 11.0. The molecule has 0 radical (unpaired) electrons. The summed E-state index contributed by atoms with van der Waals surface area (Å²) in [4.78, 5) is 0. The highest BCUT2D eigenvalue weighted by Crippen LogP contribution is 2.53. The molecule has 0 saturated heterocycles. The maximum atomic E-state index is 6.64. The zero-order valence-corrected chi connectivity index (χ0v) is 15.3. The lowest BCUT2D eigenvalue weighted by molar-refractivity contribution is 0.354. The summed E-state index contributed by atoms with van der Waals surface area (Å²) in [6.07, 6.45) is 0. The second-order valence-electron chi connectivity index (χ2n) is 5.01. The van der Waals surface area contributed by atoms with Crippen LogP contribution < -0.4 is 9.47 Å². The molecule has 0 aromatic heterocycles. The van der Waals surface area contributed by atoms with E-state index in [1.54, 1.807) is 26.4 Å². The Labute approximate surface area is 154 Å². The Morgan fingerprint density at radius 2 is 1.52 bits per heavy atom. The van der Waals surface area contributed by atoms with E-state index in [2.05, 4.69) is 0 Å². The van der Waals surface area contributed by atoms with Gasteiger partial charge in [-0.3, -0.25) is 0 Å². The molecule has 0 amide bonds. The molecular formula is C17H12Cl4O2. The third kappa shape index (κ3) is 2.78. The first kappa shape index (κ1) is 16.8. The highest BCUT2D eigenvalue weighted by atomic mass is 35.5. The molecule has 0 bridgehead atoms. The van der Waals surface area contributed by atoms with Crippen LogP contribution in [-0.2, 0) is 0 Å². The van der Waals surface area contributed by atoms with Crippen molar-refractivity contribution >= 4 is 57.0 Å². The van der Waals surface area contributed by atoms with Gasteiger partial charge < -0.3 is 9.47 Å². The van der Waals surface area contributed by atoms with Gasteiger partial charge in [-0.1, -0.05) is 40.9 Å². The van der Waals surface area contributed by atoms with Crippen molar-refractivity contribution in [3.63, 3.8) is 0 Å². The summed E-state index contributed by atoms with van der Waals surface area (Å²) in [6, 6.07) is 9.01. The molecule has 120 valence electrons. The fraction of sp³-hybridized carbons (Fsp3) is 0.176. The van der Waals surface area contributed by atoms with Gasteiger partial charge in [-0.2, -0.15) is 0 Å². The molecule has 6 heteroatoms. The zero-order valence-electron chi connectivity index (χ0n) is 12.3. The van der Waals surface area contributed by atoms with E-state index < -0.39 is 5.38 Å². The van der Waals surface area contributed by atoms with E-state index in [9.17, 15) is 0 Å². The predicted octanol–water partition coefficient (Wildman–Crippen LogP) is 6.41. The Kier molecular flexibility index (Phi) is 4.70. The Balaban J connectivity index is 2.16. The van der Waals surface area contributed by atoms with Crippen molar-refractivity contribution in [3.05, 3.63) is 57.1 Å². The van der Waals surface area contributed by atoms with Crippen LogP contribution in [0.1, 0.15) is 22.1 Å².